The number of hydrogen-bond donors (Lipinski definition) is 0. The van der Waals surface area contributed by atoms with Gasteiger partial charge in [-0.15, -0.1) is 0 Å². The van der Waals surface area contributed by atoms with Gasteiger partial charge in [-0.1, -0.05) is 6.07 Å². The Hall–Kier alpha value is -1.46. The Morgan fingerprint density at radius 1 is 1.25 bits per heavy atom. The van der Waals surface area contributed by atoms with Crippen molar-refractivity contribution in [3.63, 3.8) is 0 Å². The predicted molar refractivity (Wildman–Crippen MR) is 77.3 cm³/mol. The summed E-state index contributed by atoms with van der Waals surface area (Å²) in [7, 11) is 1.44. The van der Waals surface area contributed by atoms with Crippen LogP contribution in [0.25, 0.3) is 0 Å². The van der Waals surface area contributed by atoms with Gasteiger partial charge in [-0.25, -0.2) is 0 Å². The Balaban J connectivity index is 1.73. The fourth-order valence-corrected chi connectivity index (χ4v) is 2.48. The smallest absolute Gasteiger partial charge is 0.306 e. The van der Waals surface area contributed by atoms with E-state index >= 15 is 0 Å². The van der Waals surface area contributed by atoms with E-state index in [1.54, 1.807) is 0 Å². The van der Waals surface area contributed by atoms with E-state index < -0.39 is 0 Å². The van der Waals surface area contributed by atoms with Gasteiger partial charge < -0.3 is 9.64 Å². The summed E-state index contributed by atoms with van der Waals surface area (Å²) >= 11 is 0. The highest BCUT2D eigenvalue weighted by atomic mass is 16.5. The minimum absolute atomic E-state index is 0.127. The molecule has 0 aliphatic carbocycles. The third-order valence-electron chi connectivity index (χ3n) is 3.66. The molecule has 0 N–H and O–H groups in total. The van der Waals surface area contributed by atoms with Crippen LogP contribution in [0.2, 0.25) is 0 Å². The van der Waals surface area contributed by atoms with Crippen molar-refractivity contribution in [1.29, 1.82) is 0 Å². The van der Waals surface area contributed by atoms with Gasteiger partial charge in [-0.05, 0) is 18.1 Å². The fraction of sp³-hybridized carbons (Fsp3) is 0.600. The van der Waals surface area contributed by atoms with Gasteiger partial charge in [-0.2, -0.15) is 0 Å². The van der Waals surface area contributed by atoms with Gasteiger partial charge in [-0.3, -0.25) is 14.7 Å². The van der Waals surface area contributed by atoms with Gasteiger partial charge in [0, 0.05) is 51.7 Å². The lowest BCUT2D eigenvalue weighted by molar-refractivity contribution is -0.141. The fourth-order valence-electron chi connectivity index (χ4n) is 2.48. The average Bonchev–Trinajstić information content (AvgIpc) is 2.46. The number of nitrogens with zero attached hydrogens (tertiary/aromatic N) is 3. The topological polar surface area (TPSA) is 45.7 Å². The summed E-state index contributed by atoms with van der Waals surface area (Å²) < 4.78 is 4.67. The maximum atomic E-state index is 11.1. The van der Waals surface area contributed by atoms with E-state index in [4.69, 9.17) is 0 Å². The predicted octanol–water partition coefficient (Wildman–Crippen LogP) is 1.07. The zero-order valence-electron chi connectivity index (χ0n) is 12.3. The first-order valence-corrected chi connectivity index (χ1v) is 7.09. The van der Waals surface area contributed by atoms with Crippen molar-refractivity contribution in [1.82, 2.24) is 14.8 Å². The SMILES string of the molecule is COC(=O)CCN1CCN(Cc2cncc(C)c2)CC1. The molecule has 20 heavy (non-hydrogen) atoms. The van der Waals surface area contributed by atoms with Crippen LogP contribution in [-0.2, 0) is 16.1 Å². The molecule has 2 heterocycles. The van der Waals surface area contributed by atoms with E-state index in [1.165, 1.54) is 18.2 Å². The van der Waals surface area contributed by atoms with Crippen molar-refractivity contribution in [2.45, 2.75) is 19.9 Å². The van der Waals surface area contributed by atoms with Crippen LogP contribution in [-0.4, -0.2) is 60.6 Å². The van der Waals surface area contributed by atoms with Crippen LogP contribution in [0.3, 0.4) is 0 Å². The molecule has 0 spiro atoms. The molecule has 1 aliphatic heterocycles. The van der Waals surface area contributed by atoms with E-state index in [1.807, 2.05) is 12.4 Å². The van der Waals surface area contributed by atoms with Crippen LogP contribution in [0.4, 0.5) is 0 Å². The second-order valence-corrected chi connectivity index (χ2v) is 5.31. The van der Waals surface area contributed by atoms with Crippen molar-refractivity contribution in [3.8, 4) is 0 Å². The van der Waals surface area contributed by atoms with Crippen LogP contribution in [0.15, 0.2) is 18.5 Å². The van der Waals surface area contributed by atoms with Gasteiger partial charge in [0.15, 0.2) is 0 Å². The van der Waals surface area contributed by atoms with E-state index in [2.05, 4.69) is 32.5 Å². The number of pyridine rings is 1. The van der Waals surface area contributed by atoms with Gasteiger partial charge >= 0.3 is 5.97 Å². The first-order chi connectivity index (χ1) is 9.67. The lowest BCUT2D eigenvalue weighted by Gasteiger charge is -2.34. The Labute approximate surface area is 120 Å². The number of aryl methyl sites for hydroxylation is 1. The maximum absolute atomic E-state index is 11.1. The van der Waals surface area contributed by atoms with Crippen molar-refractivity contribution in [3.05, 3.63) is 29.6 Å². The minimum atomic E-state index is -0.127. The monoisotopic (exact) mass is 277 g/mol. The number of rotatable bonds is 5. The second-order valence-electron chi connectivity index (χ2n) is 5.31. The molecule has 110 valence electrons. The van der Waals surface area contributed by atoms with Crippen molar-refractivity contribution < 1.29 is 9.53 Å². The summed E-state index contributed by atoms with van der Waals surface area (Å²) in [5.74, 6) is -0.127. The number of ether oxygens (including phenoxy) is 1. The van der Waals surface area contributed by atoms with Crippen LogP contribution >= 0.6 is 0 Å². The number of piperazine rings is 1. The third kappa shape index (κ3) is 4.58. The highest BCUT2D eigenvalue weighted by molar-refractivity contribution is 5.69. The number of methoxy groups -OCH3 is 1. The molecule has 1 aromatic rings. The molecule has 5 nitrogen and oxygen atoms in total. The zero-order valence-corrected chi connectivity index (χ0v) is 12.3. The number of carbonyl (C=O) groups excluding carboxylic acids is 1. The molecule has 1 saturated heterocycles. The summed E-state index contributed by atoms with van der Waals surface area (Å²) in [4.78, 5) is 20.1. The van der Waals surface area contributed by atoms with E-state index in [-0.39, 0.29) is 5.97 Å². The van der Waals surface area contributed by atoms with Crippen LogP contribution in [0, 0.1) is 6.92 Å². The second kappa shape index (κ2) is 7.36. The Morgan fingerprint density at radius 3 is 2.60 bits per heavy atom. The molecular formula is C15H23N3O2. The van der Waals surface area contributed by atoms with Crippen molar-refractivity contribution >= 4 is 5.97 Å². The van der Waals surface area contributed by atoms with Crippen LogP contribution in [0.1, 0.15) is 17.5 Å². The van der Waals surface area contributed by atoms with Crippen LogP contribution < -0.4 is 0 Å². The Bertz CT molecular complexity index is 442. The van der Waals surface area contributed by atoms with Crippen molar-refractivity contribution in [2.24, 2.45) is 0 Å². The van der Waals surface area contributed by atoms with E-state index in [0.29, 0.717) is 6.42 Å². The lowest BCUT2D eigenvalue weighted by atomic mass is 10.2. The number of hydrogen-bond acceptors (Lipinski definition) is 5. The van der Waals surface area contributed by atoms with Crippen LogP contribution in [0.5, 0.6) is 0 Å². The first kappa shape index (κ1) is 14.9. The van der Waals surface area contributed by atoms with Crippen molar-refractivity contribution in [2.75, 3.05) is 39.8 Å². The maximum Gasteiger partial charge on any atom is 0.306 e. The summed E-state index contributed by atoms with van der Waals surface area (Å²) in [6, 6.07) is 2.19. The molecule has 0 unspecified atom stereocenters. The quantitative estimate of drug-likeness (QED) is 0.753. The summed E-state index contributed by atoms with van der Waals surface area (Å²) in [6.45, 7) is 7.92. The summed E-state index contributed by atoms with van der Waals surface area (Å²) in [5, 5.41) is 0. The molecule has 0 bridgehead atoms. The molecule has 1 fully saturated rings. The number of aromatic nitrogens is 1. The van der Waals surface area contributed by atoms with E-state index in [9.17, 15) is 4.79 Å². The third-order valence-corrected chi connectivity index (χ3v) is 3.66. The lowest BCUT2D eigenvalue weighted by Crippen LogP contribution is -2.46. The molecule has 0 aromatic carbocycles. The highest BCUT2D eigenvalue weighted by Gasteiger charge is 2.17. The van der Waals surface area contributed by atoms with Gasteiger partial charge in [0.25, 0.3) is 0 Å². The molecule has 0 radical (unpaired) electrons. The zero-order chi connectivity index (χ0) is 14.4. The van der Waals surface area contributed by atoms with E-state index in [0.717, 1.165) is 39.3 Å². The molecule has 0 atom stereocenters. The normalized spacial score (nSPS) is 17.1. The molecule has 5 heteroatoms. The molecule has 1 aromatic heterocycles. The van der Waals surface area contributed by atoms with Gasteiger partial charge in [0.1, 0.15) is 0 Å². The first-order valence-electron chi connectivity index (χ1n) is 7.09. The number of esters is 1. The summed E-state index contributed by atoms with van der Waals surface area (Å²) in [5.41, 5.74) is 2.48. The molecule has 0 saturated carbocycles. The Kier molecular flexibility index (Phi) is 5.49. The highest BCUT2D eigenvalue weighted by Crippen LogP contribution is 2.09. The molecular weight excluding hydrogens is 254 g/mol. The van der Waals surface area contributed by atoms with Gasteiger partial charge in [0.2, 0.25) is 0 Å². The molecule has 1 aliphatic rings. The molecule has 2 rings (SSSR count). The van der Waals surface area contributed by atoms with Gasteiger partial charge in [0.05, 0.1) is 13.5 Å². The number of carbonyl (C=O) groups is 1. The largest absolute Gasteiger partial charge is 0.469 e. The molecule has 0 amide bonds. The standard InChI is InChI=1S/C15H23N3O2/c1-13-9-14(11-16-10-13)12-18-7-5-17(6-8-18)4-3-15(19)20-2/h9-11H,3-8,12H2,1-2H3. The Morgan fingerprint density at radius 2 is 1.95 bits per heavy atom. The summed E-state index contributed by atoms with van der Waals surface area (Å²) in [6.07, 6.45) is 4.31. The minimum Gasteiger partial charge on any atom is -0.469 e. The average molecular weight is 277 g/mol.